The molecule has 2 aromatic carbocycles. The van der Waals surface area contributed by atoms with Crippen molar-refractivity contribution < 1.29 is 9.13 Å². The maximum Gasteiger partial charge on any atom is 0.129 e. The van der Waals surface area contributed by atoms with Crippen molar-refractivity contribution in [1.82, 2.24) is 0 Å². The summed E-state index contributed by atoms with van der Waals surface area (Å²) in [5.41, 5.74) is 1.33. The summed E-state index contributed by atoms with van der Waals surface area (Å²) in [6.07, 6.45) is 0.364. The Labute approximate surface area is 116 Å². The average Bonchev–Trinajstić information content (AvgIpc) is 2.42. The van der Waals surface area contributed by atoms with Crippen molar-refractivity contribution in [3.63, 3.8) is 0 Å². The van der Waals surface area contributed by atoms with E-state index in [2.05, 4.69) is 6.07 Å². The normalized spacial score (nSPS) is 9.95. The Bertz CT molecular complexity index is 605. The van der Waals surface area contributed by atoms with Gasteiger partial charge in [-0.05, 0) is 35.9 Å². The smallest absolute Gasteiger partial charge is 0.129 e. The van der Waals surface area contributed by atoms with Crippen LogP contribution in [0.2, 0.25) is 5.02 Å². The van der Waals surface area contributed by atoms with E-state index in [1.54, 1.807) is 18.2 Å². The molecule has 0 aliphatic heterocycles. The van der Waals surface area contributed by atoms with Crippen LogP contribution < -0.4 is 4.74 Å². The molecule has 0 aliphatic rings. The van der Waals surface area contributed by atoms with Gasteiger partial charge in [-0.25, -0.2) is 4.39 Å². The highest BCUT2D eigenvalue weighted by Gasteiger charge is 2.04. The van der Waals surface area contributed by atoms with Crippen LogP contribution in [0.4, 0.5) is 4.39 Å². The molecule has 0 amide bonds. The van der Waals surface area contributed by atoms with Crippen LogP contribution in [-0.4, -0.2) is 0 Å². The molecule has 4 heteroatoms. The van der Waals surface area contributed by atoms with Crippen LogP contribution >= 0.6 is 11.6 Å². The lowest BCUT2D eigenvalue weighted by Crippen LogP contribution is -1.98. The molecule has 0 saturated carbocycles. The van der Waals surface area contributed by atoms with Crippen molar-refractivity contribution in [3.05, 3.63) is 64.4 Å². The van der Waals surface area contributed by atoms with E-state index in [9.17, 15) is 4.39 Å². The van der Waals surface area contributed by atoms with Crippen molar-refractivity contribution in [1.29, 1.82) is 5.26 Å². The van der Waals surface area contributed by atoms with Gasteiger partial charge in [0.1, 0.15) is 18.2 Å². The Kier molecular flexibility index (Phi) is 4.38. The first-order chi connectivity index (χ1) is 9.19. The van der Waals surface area contributed by atoms with Crippen molar-refractivity contribution in [2.75, 3.05) is 0 Å². The van der Waals surface area contributed by atoms with Gasteiger partial charge in [0.25, 0.3) is 0 Å². The van der Waals surface area contributed by atoms with E-state index in [1.807, 2.05) is 12.1 Å². The highest BCUT2D eigenvalue weighted by Crippen LogP contribution is 2.18. The standard InChI is InChI=1S/C15H11ClFNO/c16-13-3-6-15(17)12(9-13)10-19-14-4-1-11(2-5-14)7-8-18/h1-6,9H,7,10H2. The van der Waals surface area contributed by atoms with Crippen LogP contribution in [0.3, 0.4) is 0 Å². The maximum absolute atomic E-state index is 13.5. The summed E-state index contributed by atoms with van der Waals surface area (Å²) in [6.45, 7) is 0.115. The van der Waals surface area contributed by atoms with E-state index in [-0.39, 0.29) is 12.4 Å². The number of rotatable bonds is 4. The van der Waals surface area contributed by atoms with Crippen molar-refractivity contribution >= 4 is 11.6 Å². The van der Waals surface area contributed by atoms with Gasteiger partial charge in [0.05, 0.1) is 12.5 Å². The van der Waals surface area contributed by atoms with Crippen LogP contribution in [0.25, 0.3) is 0 Å². The van der Waals surface area contributed by atoms with Gasteiger partial charge in [-0.15, -0.1) is 0 Å². The first-order valence-corrected chi connectivity index (χ1v) is 6.09. The number of hydrogen-bond acceptors (Lipinski definition) is 2. The fourth-order valence-electron chi connectivity index (χ4n) is 1.61. The van der Waals surface area contributed by atoms with Gasteiger partial charge in [-0.3, -0.25) is 0 Å². The number of nitrogens with zero attached hydrogens (tertiary/aromatic N) is 1. The van der Waals surface area contributed by atoms with Gasteiger partial charge in [0.15, 0.2) is 0 Å². The molecule has 0 bridgehead atoms. The Morgan fingerprint density at radius 2 is 1.89 bits per heavy atom. The molecule has 19 heavy (non-hydrogen) atoms. The van der Waals surface area contributed by atoms with Crippen LogP contribution in [0.5, 0.6) is 5.75 Å². The molecular weight excluding hydrogens is 265 g/mol. The number of benzene rings is 2. The monoisotopic (exact) mass is 275 g/mol. The van der Waals surface area contributed by atoms with E-state index in [4.69, 9.17) is 21.6 Å². The SMILES string of the molecule is N#CCc1ccc(OCc2cc(Cl)ccc2F)cc1. The molecule has 2 nitrogen and oxygen atoms in total. The lowest BCUT2D eigenvalue weighted by atomic mass is 10.1. The summed E-state index contributed by atoms with van der Waals surface area (Å²) in [5.74, 6) is 0.284. The molecule has 0 aromatic heterocycles. The van der Waals surface area contributed by atoms with Gasteiger partial charge in [0, 0.05) is 10.6 Å². The van der Waals surface area contributed by atoms with E-state index in [1.165, 1.54) is 12.1 Å². The van der Waals surface area contributed by atoms with Gasteiger partial charge >= 0.3 is 0 Å². The van der Waals surface area contributed by atoms with Crippen molar-refractivity contribution in [2.24, 2.45) is 0 Å². The number of nitriles is 1. The second-order valence-corrected chi connectivity index (χ2v) is 4.44. The Hall–Kier alpha value is -2.05. The lowest BCUT2D eigenvalue weighted by molar-refractivity contribution is 0.300. The Morgan fingerprint density at radius 1 is 1.16 bits per heavy atom. The highest BCUT2D eigenvalue weighted by atomic mass is 35.5. The van der Waals surface area contributed by atoms with Crippen LogP contribution in [0.15, 0.2) is 42.5 Å². The van der Waals surface area contributed by atoms with Crippen molar-refractivity contribution in [2.45, 2.75) is 13.0 Å². The summed E-state index contributed by atoms with van der Waals surface area (Å²) in [4.78, 5) is 0. The predicted molar refractivity (Wildman–Crippen MR) is 71.5 cm³/mol. The summed E-state index contributed by atoms with van der Waals surface area (Å²) >= 11 is 5.80. The largest absolute Gasteiger partial charge is 0.489 e. The second kappa shape index (κ2) is 6.21. The van der Waals surface area contributed by atoms with Gasteiger partial charge < -0.3 is 4.74 Å². The lowest BCUT2D eigenvalue weighted by Gasteiger charge is -2.08. The molecule has 0 heterocycles. The molecule has 0 saturated heterocycles. The molecule has 0 radical (unpaired) electrons. The maximum atomic E-state index is 13.5. The summed E-state index contributed by atoms with van der Waals surface area (Å²) in [5, 5.41) is 9.04. The van der Waals surface area contributed by atoms with Gasteiger partial charge in [-0.1, -0.05) is 23.7 Å². The summed E-state index contributed by atoms with van der Waals surface area (Å²) in [6, 6.07) is 13.6. The van der Waals surface area contributed by atoms with Gasteiger partial charge in [-0.2, -0.15) is 5.26 Å². The highest BCUT2D eigenvalue weighted by molar-refractivity contribution is 6.30. The molecular formula is C15H11ClFNO. The molecule has 0 N–H and O–H groups in total. The minimum Gasteiger partial charge on any atom is -0.489 e. The summed E-state index contributed by atoms with van der Waals surface area (Å²) in [7, 11) is 0. The molecule has 0 spiro atoms. The summed E-state index contributed by atoms with van der Waals surface area (Å²) < 4.78 is 18.9. The fourth-order valence-corrected chi connectivity index (χ4v) is 1.80. The fraction of sp³-hybridized carbons (Fsp3) is 0.133. The zero-order valence-corrected chi connectivity index (χ0v) is 10.8. The minimum absolute atomic E-state index is 0.115. The zero-order chi connectivity index (χ0) is 13.7. The van der Waals surface area contributed by atoms with Crippen LogP contribution in [0, 0.1) is 17.1 Å². The van der Waals surface area contributed by atoms with Gasteiger partial charge in [0.2, 0.25) is 0 Å². The Morgan fingerprint density at radius 3 is 2.58 bits per heavy atom. The molecule has 96 valence electrons. The first-order valence-electron chi connectivity index (χ1n) is 5.71. The van der Waals surface area contributed by atoms with Crippen molar-refractivity contribution in [3.8, 4) is 11.8 Å². The first kappa shape index (κ1) is 13.4. The number of halogens is 2. The quantitative estimate of drug-likeness (QED) is 0.841. The topological polar surface area (TPSA) is 33.0 Å². The molecule has 0 fully saturated rings. The third kappa shape index (κ3) is 3.70. The third-order valence-corrected chi connectivity index (χ3v) is 2.84. The Balaban J connectivity index is 2.02. The predicted octanol–water partition coefficient (Wildman–Crippen LogP) is 4.12. The van der Waals surface area contributed by atoms with E-state index < -0.39 is 0 Å². The zero-order valence-electron chi connectivity index (χ0n) is 10.1. The van der Waals surface area contributed by atoms with Crippen LogP contribution in [0.1, 0.15) is 11.1 Å². The third-order valence-electron chi connectivity index (χ3n) is 2.61. The minimum atomic E-state index is -0.342. The molecule has 2 aromatic rings. The van der Waals surface area contributed by atoms with E-state index in [0.717, 1.165) is 5.56 Å². The molecule has 0 unspecified atom stereocenters. The van der Waals surface area contributed by atoms with Crippen LogP contribution in [-0.2, 0) is 13.0 Å². The average molecular weight is 276 g/mol. The second-order valence-electron chi connectivity index (χ2n) is 4.00. The molecule has 0 atom stereocenters. The molecule has 0 aliphatic carbocycles. The number of ether oxygens (including phenoxy) is 1. The number of hydrogen-bond donors (Lipinski definition) is 0. The molecule has 2 rings (SSSR count). The van der Waals surface area contributed by atoms with E-state index >= 15 is 0 Å². The van der Waals surface area contributed by atoms with E-state index in [0.29, 0.717) is 22.8 Å².